The van der Waals surface area contributed by atoms with E-state index in [2.05, 4.69) is 5.32 Å². The summed E-state index contributed by atoms with van der Waals surface area (Å²) in [7, 11) is -4.62. The highest BCUT2D eigenvalue weighted by Crippen LogP contribution is 2.30. The van der Waals surface area contributed by atoms with Gasteiger partial charge in [0.1, 0.15) is 11.6 Å². The van der Waals surface area contributed by atoms with Crippen molar-refractivity contribution in [2.45, 2.75) is 23.5 Å². The number of aliphatic carboxylic acids is 1. The van der Waals surface area contributed by atoms with Crippen LogP contribution in [-0.4, -0.2) is 64.7 Å². The van der Waals surface area contributed by atoms with Crippen LogP contribution in [-0.2, 0) is 19.6 Å². The fraction of sp³-hybridized carbons (Fsp3) is 0.192. The standard InChI is InChI=1S/C26H21ClF2N4O8S/c27-20-13-19(7-8-21(20)29)42(40,41)32-10-9-31(26(37)16-4-1-5-17(28)11-16)25(32)24(36)30-22(14-23(34)35)15-3-2-6-18(12-15)33(38)39/h1-8,11-13,22,25H,9-10,14H2,(H,30,36)(H,34,35). The van der Waals surface area contributed by atoms with Crippen LogP contribution in [0.2, 0.25) is 5.02 Å². The predicted molar refractivity (Wildman–Crippen MR) is 143 cm³/mol. The van der Waals surface area contributed by atoms with Gasteiger partial charge in [-0.05, 0) is 42.0 Å². The molecule has 4 rings (SSSR count). The number of hydrogen-bond donors (Lipinski definition) is 2. The Hall–Kier alpha value is -4.47. The number of amides is 2. The molecule has 2 amide bonds. The molecule has 1 saturated heterocycles. The van der Waals surface area contributed by atoms with E-state index >= 15 is 0 Å². The molecule has 0 aromatic heterocycles. The van der Waals surface area contributed by atoms with Crippen molar-refractivity contribution in [3.05, 3.63) is 105 Å². The van der Waals surface area contributed by atoms with Crippen LogP contribution in [0.1, 0.15) is 28.4 Å². The Bertz CT molecular complexity index is 1690. The number of sulfonamides is 1. The Morgan fingerprint density at radius 1 is 1.07 bits per heavy atom. The van der Waals surface area contributed by atoms with Crippen LogP contribution >= 0.6 is 11.6 Å². The number of hydrogen-bond acceptors (Lipinski definition) is 7. The van der Waals surface area contributed by atoms with E-state index in [1.54, 1.807) is 0 Å². The van der Waals surface area contributed by atoms with Gasteiger partial charge >= 0.3 is 5.97 Å². The van der Waals surface area contributed by atoms with Crippen LogP contribution in [0.4, 0.5) is 14.5 Å². The summed E-state index contributed by atoms with van der Waals surface area (Å²) >= 11 is 5.78. The molecular weight excluding hydrogens is 602 g/mol. The van der Waals surface area contributed by atoms with Crippen molar-refractivity contribution >= 4 is 45.1 Å². The van der Waals surface area contributed by atoms with Crippen LogP contribution in [0.3, 0.4) is 0 Å². The zero-order valence-corrected chi connectivity index (χ0v) is 22.9. The van der Waals surface area contributed by atoms with Crippen molar-refractivity contribution in [2.24, 2.45) is 0 Å². The molecule has 2 N–H and O–H groups in total. The van der Waals surface area contributed by atoms with Gasteiger partial charge in [0.15, 0.2) is 6.17 Å². The number of nitro groups is 1. The van der Waals surface area contributed by atoms with Gasteiger partial charge < -0.3 is 15.3 Å². The second-order valence-corrected chi connectivity index (χ2v) is 11.4. The van der Waals surface area contributed by atoms with Crippen LogP contribution in [0.25, 0.3) is 0 Å². The first-order valence-electron chi connectivity index (χ1n) is 12.1. The number of nitro benzene ring substituents is 1. The lowest BCUT2D eigenvalue weighted by atomic mass is 10.0. The van der Waals surface area contributed by atoms with Crippen molar-refractivity contribution in [1.29, 1.82) is 0 Å². The van der Waals surface area contributed by atoms with E-state index in [9.17, 15) is 46.8 Å². The van der Waals surface area contributed by atoms with Gasteiger partial charge in [-0.2, -0.15) is 4.31 Å². The van der Waals surface area contributed by atoms with Crippen LogP contribution in [0.15, 0.2) is 71.6 Å². The molecule has 0 bridgehead atoms. The summed E-state index contributed by atoms with van der Waals surface area (Å²) in [6, 6.07) is 10.5. The van der Waals surface area contributed by atoms with Crippen molar-refractivity contribution in [1.82, 2.24) is 14.5 Å². The molecule has 0 radical (unpaired) electrons. The molecule has 12 nitrogen and oxygen atoms in total. The lowest BCUT2D eigenvalue weighted by Gasteiger charge is -2.30. The number of carboxylic acids is 1. The zero-order chi connectivity index (χ0) is 30.8. The van der Waals surface area contributed by atoms with Gasteiger partial charge in [-0.1, -0.05) is 29.8 Å². The maximum atomic E-state index is 13.9. The number of halogens is 3. The predicted octanol–water partition coefficient (Wildman–Crippen LogP) is 3.33. The second kappa shape index (κ2) is 12.2. The lowest BCUT2D eigenvalue weighted by molar-refractivity contribution is -0.384. The SMILES string of the molecule is O=C(O)CC(NC(=O)C1N(C(=O)c2cccc(F)c2)CCN1S(=O)(=O)c1ccc(F)c(Cl)c1)c1cccc([N+](=O)[O-])c1. The van der Waals surface area contributed by atoms with Gasteiger partial charge in [0.2, 0.25) is 10.0 Å². The van der Waals surface area contributed by atoms with E-state index in [1.807, 2.05) is 0 Å². The fourth-order valence-corrected chi connectivity index (χ4v) is 6.25. The Balaban J connectivity index is 1.76. The summed E-state index contributed by atoms with van der Waals surface area (Å²) in [5, 5.41) is 22.6. The number of rotatable bonds is 9. The van der Waals surface area contributed by atoms with Crippen LogP contribution in [0, 0.1) is 21.7 Å². The minimum Gasteiger partial charge on any atom is -0.481 e. The molecule has 2 atom stereocenters. The Kier molecular flexibility index (Phi) is 8.84. The van der Waals surface area contributed by atoms with E-state index < -0.39 is 85.1 Å². The van der Waals surface area contributed by atoms with Gasteiger partial charge in [-0.3, -0.25) is 24.5 Å². The molecule has 1 aliphatic rings. The van der Waals surface area contributed by atoms with E-state index in [-0.39, 0.29) is 17.7 Å². The first-order chi connectivity index (χ1) is 19.8. The summed E-state index contributed by atoms with van der Waals surface area (Å²) in [6.07, 6.45) is -2.66. The van der Waals surface area contributed by atoms with E-state index in [0.29, 0.717) is 4.31 Å². The topological polar surface area (TPSA) is 167 Å². The number of carbonyl (C=O) groups is 3. The third kappa shape index (κ3) is 6.37. The maximum absolute atomic E-state index is 13.9. The number of nitrogens with one attached hydrogen (secondary N) is 1. The van der Waals surface area contributed by atoms with E-state index in [1.165, 1.54) is 24.3 Å². The monoisotopic (exact) mass is 622 g/mol. The first-order valence-corrected chi connectivity index (χ1v) is 13.9. The highest BCUT2D eigenvalue weighted by Gasteiger charge is 2.47. The third-order valence-corrected chi connectivity index (χ3v) is 8.51. The third-order valence-electron chi connectivity index (χ3n) is 6.37. The highest BCUT2D eigenvalue weighted by molar-refractivity contribution is 7.89. The molecular formula is C26H21ClF2N4O8S. The highest BCUT2D eigenvalue weighted by atomic mass is 35.5. The van der Waals surface area contributed by atoms with Gasteiger partial charge in [0.05, 0.1) is 27.3 Å². The van der Waals surface area contributed by atoms with Crippen LogP contribution < -0.4 is 5.32 Å². The molecule has 3 aromatic carbocycles. The maximum Gasteiger partial charge on any atom is 0.305 e. The fourth-order valence-electron chi connectivity index (χ4n) is 4.43. The molecule has 1 fully saturated rings. The smallest absolute Gasteiger partial charge is 0.305 e. The van der Waals surface area contributed by atoms with Crippen molar-refractivity contribution in [3.63, 3.8) is 0 Å². The summed E-state index contributed by atoms with van der Waals surface area (Å²) in [5.41, 5.74) is -0.559. The van der Waals surface area contributed by atoms with Gasteiger partial charge in [-0.15, -0.1) is 0 Å². The Morgan fingerprint density at radius 2 is 1.79 bits per heavy atom. The zero-order valence-electron chi connectivity index (χ0n) is 21.3. The molecule has 1 aliphatic heterocycles. The number of carboxylic acid groups (broad SMARTS) is 1. The quantitative estimate of drug-likeness (QED) is 0.271. The minimum absolute atomic E-state index is 0.0284. The van der Waals surface area contributed by atoms with Crippen LogP contribution in [0.5, 0.6) is 0 Å². The average Bonchev–Trinajstić information content (AvgIpc) is 3.40. The molecule has 1 heterocycles. The van der Waals surface area contributed by atoms with E-state index in [4.69, 9.17) is 11.6 Å². The summed E-state index contributed by atoms with van der Waals surface area (Å²) in [4.78, 5) is 49.7. The normalized spacial score (nSPS) is 16.2. The summed E-state index contributed by atoms with van der Waals surface area (Å²) in [6.45, 7) is -0.751. The molecule has 0 saturated carbocycles. The Labute approximate surface area is 242 Å². The van der Waals surface area contributed by atoms with Crippen molar-refractivity contribution < 1.29 is 41.6 Å². The number of carbonyl (C=O) groups excluding carboxylic acids is 2. The molecule has 42 heavy (non-hydrogen) atoms. The number of nitrogens with zero attached hydrogens (tertiary/aromatic N) is 3. The summed E-state index contributed by atoms with van der Waals surface area (Å²) < 4.78 is 55.6. The van der Waals surface area contributed by atoms with E-state index in [0.717, 1.165) is 47.4 Å². The molecule has 220 valence electrons. The average molecular weight is 623 g/mol. The number of benzene rings is 3. The van der Waals surface area contributed by atoms with Gasteiger partial charge in [0, 0.05) is 30.8 Å². The Morgan fingerprint density at radius 3 is 2.43 bits per heavy atom. The molecule has 0 aliphatic carbocycles. The lowest BCUT2D eigenvalue weighted by Crippen LogP contribution is -2.54. The van der Waals surface area contributed by atoms with Gasteiger partial charge in [-0.25, -0.2) is 17.2 Å². The number of non-ortho nitro benzene ring substituents is 1. The molecule has 2 unspecified atom stereocenters. The van der Waals surface area contributed by atoms with Crippen molar-refractivity contribution in [2.75, 3.05) is 13.1 Å². The molecule has 3 aromatic rings. The minimum atomic E-state index is -4.62. The van der Waals surface area contributed by atoms with Gasteiger partial charge in [0.25, 0.3) is 17.5 Å². The van der Waals surface area contributed by atoms with Crippen molar-refractivity contribution in [3.8, 4) is 0 Å². The molecule has 16 heteroatoms. The first kappa shape index (κ1) is 30.5. The largest absolute Gasteiger partial charge is 0.481 e. The second-order valence-electron chi connectivity index (χ2n) is 9.09. The summed E-state index contributed by atoms with van der Waals surface area (Å²) in [5.74, 6) is -5.11. The molecule has 0 spiro atoms.